The van der Waals surface area contributed by atoms with E-state index in [2.05, 4.69) is 20.8 Å². The lowest BCUT2D eigenvalue weighted by Gasteiger charge is -2.12. The van der Waals surface area contributed by atoms with E-state index < -0.39 is 6.04 Å². The number of carbonyl (C=O) groups is 2. The first-order valence-electron chi connectivity index (χ1n) is 5.57. The van der Waals surface area contributed by atoms with Crippen LogP contribution in [0.4, 0.5) is 5.82 Å². The van der Waals surface area contributed by atoms with Gasteiger partial charge in [0, 0.05) is 7.05 Å². The van der Waals surface area contributed by atoms with Gasteiger partial charge in [-0.2, -0.15) is 0 Å². The average molecular weight is 252 g/mol. The zero-order valence-corrected chi connectivity index (χ0v) is 10.6. The van der Waals surface area contributed by atoms with Crippen LogP contribution in [0.2, 0.25) is 0 Å². The maximum absolute atomic E-state index is 11.4. The summed E-state index contributed by atoms with van der Waals surface area (Å²) in [5.74, 6) is -0.273. The van der Waals surface area contributed by atoms with Gasteiger partial charge in [0.15, 0.2) is 5.69 Å². The smallest absolute Gasteiger partial charge is 0.328 e. The molecule has 0 aliphatic carbocycles. The normalized spacial score (nSPS) is 11.5. The molecule has 0 bridgehead atoms. The van der Waals surface area contributed by atoms with Crippen molar-refractivity contribution in [2.75, 3.05) is 19.0 Å². The van der Waals surface area contributed by atoms with Gasteiger partial charge < -0.3 is 15.4 Å². The van der Waals surface area contributed by atoms with Gasteiger partial charge in [0.25, 0.3) is 5.91 Å². The SMILES string of the molecule is CCOC(=O)C(C)Nc1ccc(C(=O)NC)nn1. The van der Waals surface area contributed by atoms with Crippen LogP contribution in [0.3, 0.4) is 0 Å². The number of hydrogen-bond donors (Lipinski definition) is 2. The van der Waals surface area contributed by atoms with Crippen molar-refractivity contribution in [1.82, 2.24) is 15.5 Å². The Hall–Kier alpha value is -2.18. The van der Waals surface area contributed by atoms with Crippen LogP contribution in [0.5, 0.6) is 0 Å². The van der Waals surface area contributed by atoms with Crippen molar-refractivity contribution in [3.8, 4) is 0 Å². The molecule has 1 heterocycles. The number of amides is 1. The highest BCUT2D eigenvalue weighted by Gasteiger charge is 2.14. The topological polar surface area (TPSA) is 93.2 Å². The van der Waals surface area contributed by atoms with Gasteiger partial charge in [-0.1, -0.05) is 0 Å². The second kappa shape index (κ2) is 6.53. The summed E-state index contributed by atoms with van der Waals surface area (Å²) < 4.78 is 4.84. The monoisotopic (exact) mass is 252 g/mol. The first-order chi connectivity index (χ1) is 8.58. The summed E-state index contributed by atoms with van der Waals surface area (Å²) in [6.07, 6.45) is 0. The predicted molar refractivity (Wildman–Crippen MR) is 65.1 cm³/mol. The number of aromatic nitrogens is 2. The molecule has 7 nitrogen and oxygen atoms in total. The van der Waals surface area contributed by atoms with Crippen molar-refractivity contribution in [2.24, 2.45) is 0 Å². The Balaban J connectivity index is 2.63. The molecule has 1 aromatic heterocycles. The minimum Gasteiger partial charge on any atom is -0.464 e. The minimum atomic E-state index is -0.523. The summed E-state index contributed by atoms with van der Waals surface area (Å²) in [5, 5.41) is 12.8. The molecule has 0 aliphatic heterocycles. The molecule has 1 aromatic rings. The molecule has 0 saturated heterocycles. The number of esters is 1. The van der Waals surface area contributed by atoms with E-state index in [1.54, 1.807) is 19.9 Å². The molecule has 0 aliphatic rings. The summed E-state index contributed by atoms with van der Waals surface area (Å²) in [5.41, 5.74) is 0.215. The Bertz CT molecular complexity index is 419. The highest BCUT2D eigenvalue weighted by Crippen LogP contribution is 2.04. The van der Waals surface area contributed by atoms with E-state index in [9.17, 15) is 9.59 Å². The number of nitrogens with one attached hydrogen (secondary N) is 2. The fourth-order valence-electron chi connectivity index (χ4n) is 1.21. The Labute approximate surface area is 105 Å². The summed E-state index contributed by atoms with van der Waals surface area (Å²) >= 11 is 0. The first-order valence-corrected chi connectivity index (χ1v) is 5.57. The van der Waals surface area contributed by atoms with Gasteiger partial charge in [-0.3, -0.25) is 4.79 Å². The number of rotatable bonds is 5. The molecule has 7 heteroatoms. The van der Waals surface area contributed by atoms with E-state index in [-0.39, 0.29) is 17.6 Å². The number of nitrogens with zero attached hydrogens (tertiary/aromatic N) is 2. The molecular formula is C11H16N4O3. The Morgan fingerprint density at radius 1 is 1.39 bits per heavy atom. The van der Waals surface area contributed by atoms with E-state index >= 15 is 0 Å². The highest BCUT2D eigenvalue weighted by atomic mass is 16.5. The number of ether oxygens (including phenoxy) is 1. The van der Waals surface area contributed by atoms with Crippen LogP contribution in [0.15, 0.2) is 12.1 Å². The number of carbonyl (C=O) groups excluding carboxylic acids is 2. The van der Waals surface area contributed by atoms with E-state index in [4.69, 9.17) is 4.74 Å². The van der Waals surface area contributed by atoms with Crippen molar-refractivity contribution >= 4 is 17.7 Å². The predicted octanol–water partition coefficient (Wildman–Crippen LogP) is 0.200. The van der Waals surface area contributed by atoms with Crippen LogP contribution in [0.1, 0.15) is 24.3 Å². The van der Waals surface area contributed by atoms with Crippen molar-refractivity contribution in [3.05, 3.63) is 17.8 Å². The fourth-order valence-corrected chi connectivity index (χ4v) is 1.21. The van der Waals surface area contributed by atoms with E-state index in [0.717, 1.165) is 0 Å². The molecular weight excluding hydrogens is 236 g/mol. The largest absolute Gasteiger partial charge is 0.464 e. The van der Waals surface area contributed by atoms with Gasteiger partial charge in [0.1, 0.15) is 11.9 Å². The zero-order chi connectivity index (χ0) is 13.5. The lowest BCUT2D eigenvalue weighted by Crippen LogP contribution is -2.29. The van der Waals surface area contributed by atoms with Gasteiger partial charge in [-0.15, -0.1) is 10.2 Å². The maximum atomic E-state index is 11.4. The van der Waals surface area contributed by atoms with Crippen LogP contribution in [0.25, 0.3) is 0 Å². The molecule has 1 atom stereocenters. The highest BCUT2D eigenvalue weighted by molar-refractivity contribution is 5.91. The van der Waals surface area contributed by atoms with Gasteiger partial charge in [-0.25, -0.2) is 4.79 Å². The second-order valence-electron chi connectivity index (χ2n) is 3.50. The fraction of sp³-hybridized carbons (Fsp3) is 0.455. The van der Waals surface area contributed by atoms with Crippen molar-refractivity contribution in [3.63, 3.8) is 0 Å². The zero-order valence-electron chi connectivity index (χ0n) is 10.6. The Kier molecular flexibility index (Phi) is 5.04. The van der Waals surface area contributed by atoms with Gasteiger partial charge >= 0.3 is 5.97 Å². The molecule has 18 heavy (non-hydrogen) atoms. The van der Waals surface area contributed by atoms with E-state index in [0.29, 0.717) is 12.4 Å². The molecule has 2 N–H and O–H groups in total. The van der Waals surface area contributed by atoms with E-state index in [1.807, 2.05) is 0 Å². The third kappa shape index (κ3) is 3.69. The summed E-state index contributed by atoms with van der Waals surface area (Å²) in [6, 6.07) is 2.57. The lowest BCUT2D eigenvalue weighted by atomic mass is 10.3. The van der Waals surface area contributed by atoms with Crippen molar-refractivity contribution < 1.29 is 14.3 Å². The first kappa shape index (κ1) is 13.9. The van der Waals surface area contributed by atoms with E-state index in [1.165, 1.54) is 13.1 Å². The van der Waals surface area contributed by atoms with Crippen molar-refractivity contribution in [1.29, 1.82) is 0 Å². The minimum absolute atomic E-state index is 0.215. The number of hydrogen-bond acceptors (Lipinski definition) is 6. The molecule has 0 aromatic carbocycles. The maximum Gasteiger partial charge on any atom is 0.328 e. The van der Waals surface area contributed by atoms with Gasteiger partial charge in [-0.05, 0) is 26.0 Å². The third-order valence-corrected chi connectivity index (χ3v) is 2.13. The third-order valence-electron chi connectivity index (χ3n) is 2.13. The lowest BCUT2D eigenvalue weighted by molar-refractivity contribution is -0.143. The Morgan fingerprint density at radius 2 is 2.11 bits per heavy atom. The van der Waals surface area contributed by atoms with Crippen LogP contribution < -0.4 is 10.6 Å². The molecule has 98 valence electrons. The van der Waals surface area contributed by atoms with Crippen LogP contribution in [-0.2, 0) is 9.53 Å². The van der Waals surface area contributed by atoms with Gasteiger partial charge in [0.2, 0.25) is 0 Å². The quantitative estimate of drug-likeness (QED) is 0.727. The van der Waals surface area contributed by atoms with Crippen LogP contribution in [-0.4, -0.2) is 41.8 Å². The Morgan fingerprint density at radius 3 is 2.61 bits per heavy atom. The summed E-state index contributed by atoms with van der Waals surface area (Å²) in [7, 11) is 1.51. The van der Waals surface area contributed by atoms with Crippen molar-refractivity contribution in [2.45, 2.75) is 19.9 Å². The molecule has 0 radical (unpaired) electrons. The molecule has 1 amide bonds. The molecule has 0 spiro atoms. The van der Waals surface area contributed by atoms with Gasteiger partial charge in [0.05, 0.1) is 6.61 Å². The summed E-state index contributed by atoms with van der Waals surface area (Å²) in [6.45, 7) is 3.72. The molecule has 0 fully saturated rings. The van der Waals surface area contributed by atoms with Crippen LogP contribution in [0, 0.1) is 0 Å². The molecule has 1 rings (SSSR count). The second-order valence-corrected chi connectivity index (χ2v) is 3.50. The average Bonchev–Trinajstić information content (AvgIpc) is 2.39. The number of anilines is 1. The standard InChI is InChI=1S/C11H16N4O3/c1-4-18-11(17)7(2)13-9-6-5-8(14-15-9)10(16)12-3/h5-7H,4H2,1-3H3,(H,12,16)(H,13,15). The summed E-state index contributed by atoms with van der Waals surface area (Å²) in [4.78, 5) is 22.6. The molecule has 0 saturated carbocycles. The molecule has 1 unspecified atom stereocenters. The van der Waals surface area contributed by atoms with Crippen LogP contribution >= 0.6 is 0 Å².